The van der Waals surface area contributed by atoms with Gasteiger partial charge in [-0.2, -0.15) is 5.10 Å². The highest BCUT2D eigenvalue weighted by Gasteiger charge is 2.17. The van der Waals surface area contributed by atoms with Crippen LogP contribution < -0.4 is 20.6 Å². The molecule has 24 heavy (non-hydrogen) atoms. The van der Waals surface area contributed by atoms with Gasteiger partial charge in [-0.05, 0) is 55.2 Å². The number of carbonyl (C=O) groups excluding carboxylic acids is 1. The number of likely N-dealkylation sites (tertiary alicyclic amines) is 1. The topological polar surface area (TPSA) is 89.2 Å². The summed E-state index contributed by atoms with van der Waals surface area (Å²) < 4.78 is 10.9. The van der Waals surface area contributed by atoms with Crippen LogP contribution in [-0.2, 0) is 4.79 Å². The number of piperidine rings is 1. The summed E-state index contributed by atoms with van der Waals surface area (Å²) in [4.78, 5) is 14.0. The number of rotatable bonds is 6. The summed E-state index contributed by atoms with van der Waals surface area (Å²) in [6.45, 7) is 1.63. The summed E-state index contributed by atoms with van der Waals surface area (Å²) in [6.07, 6.45) is 4.86. The van der Waals surface area contributed by atoms with Crippen LogP contribution in [0.1, 0.15) is 24.8 Å². The third kappa shape index (κ3) is 5.38. The average Bonchev–Trinajstić information content (AvgIpc) is 2.60. The van der Waals surface area contributed by atoms with E-state index in [9.17, 15) is 4.79 Å². The van der Waals surface area contributed by atoms with E-state index in [1.165, 1.54) is 6.42 Å². The van der Waals surface area contributed by atoms with Gasteiger partial charge in [-0.1, -0.05) is 0 Å². The van der Waals surface area contributed by atoms with Gasteiger partial charge in [0.05, 0.1) is 13.3 Å². The summed E-state index contributed by atoms with van der Waals surface area (Å²) in [5, 5.41) is 3.98. The van der Waals surface area contributed by atoms with Gasteiger partial charge in [0.15, 0.2) is 23.2 Å². The molecule has 1 fully saturated rings. The Morgan fingerprint density at radius 2 is 2.12 bits per heavy atom. The van der Waals surface area contributed by atoms with Crippen LogP contribution in [-0.4, -0.2) is 48.9 Å². The maximum Gasteiger partial charge on any atom is 0.260 e. The molecule has 1 saturated heterocycles. The molecule has 1 aromatic rings. The molecule has 0 spiro atoms. The van der Waals surface area contributed by atoms with Crippen molar-refractivity contribution in [3.63, 3.8) is 0 Å². The van der Waals surface area contributed by atoms with Crippen LogP contribution in [0.15, 0.2) is 23.3 Å². The molecule has 8 heteroatoms. The first-order valence-corrected chi connectivity index (χ1v) is 8.18. The van der Waals surface area contributed by atoms with Crippen molar-refractivity contribution in [3.8, 4) is 11.5 Å². The van der Waals surface area contributed by atoms with Crippen molar-refractivity contribution in [2.24, 2.45) is 10.8 Å². The first-order chi connectivity index (χ1) is 11.6. The quantitative estimate of drug-likeness (QED) is 0.456. The number of nitrogens with one attached hydrogen (secondary N) is 1. The van der Waals surface area contributed by atoms with Gasteiger partial charge in [0.2, 0.25) is 0 Å². The summed E-state index contributed by atoms with van der Waals surface area (Å²) in [6, 6.07) is 5.30. The van der Waals surface area contributed by atoms with Crippen LogP contribution in [0.3, 0.4) is 0 Å². The molecule has 1 amide bonds. The van der Waals surface area contributed by atoms with Crippen LogP contribution in [0.4, 0.5) is 0 Å². The Labute approximate surface area is 146 Å². The second-order valence-corrected chi connectivity index (χ2v) is 5.81. The number of benzene rings is 1. The lowest BCUT2D eigenvalue weighted by Gasteiger charge is -2.26. The Hall–Kier alpha value is -2.35. The van der Waals surface area contributed by atoms with Gasteiger partial charge in [0.1, 0.15) is 0 Å². The van der Waals surface area contributed by atoms with Crippen LogP contribution >= 0.6 is 12.2 Å². The number of carbonyl (C=O) groups is 1. The lowest BCUT2D eigenvalue weighted by Crippen LogP contribution is -2.38. The number of nitrogens with two attached hydrogens (primary N) is 1. The first kappa shape index (κ1) is 18.0. The van der Waals surface area contributed by atoms with E-state index in [-0.39, 0.29) is 17.6 Å². The molecule has 2 rings (SSSR count). The molecule has 1 aliphatic heterocycles. The molecule has 1 aliphatic rings. The molecule has 0 saturated carbocycles. The van der Waals surface area contributed by atoms with Gasteiger partial charge in [0, 0.05) is 13.1 Å². The fourth-order valence-corrected chi connectivity index (χ4v) is 2.48. The normalized spacial score (nSPS) is 14.5. The molecule has 1 aromatic carbocycles. The van der Waals surface area contributed by atoms with E-state index in [4.69, 9.17) is 15.2 Å². The number of ether oxygens (including phenoxy) is 2. The van der Waals surface area contributed by atoms with Crippen molar-refractivity contribution < 1.29 is 14.3 Å². The second kappa shape index (κ2) is 9.07. The minimum Gasteiger partial charge on any atom is -0.493 e. The first-order valence-electron chi connectivity index (χ1n) is 7.77. The van der Waals surface area contributed by atoms with Crippen molar-refractivity contribution in [1.82, 2.24) is 10.3 Å². The number of hydrogen-bond donors (Lipinski definition) is 2. The van der Waals surface area contributed by atoms with Crippen molar-refractivity contribution in [3.05, 3.63) is 23.8 Å². The number of methoxy groups -OCH3 is 1. The Bertz CT molecular complexity index is 615. The molecule has 130 valence electrons. The van der Waals surface area contributed by atoms with E-state index < -0.39 is 0 Å². The van der Waals surface area contributed by atoms with Crippen LogP contribution in [0.2, 0.25) is 0 Å². The Balaban J connectivity index is 1.95. The minimum atomic E-state index is 0.00282. The predicted octanol–water partition coefficient (Wildman–Crippen LogP) is 1.25. The van der Waals surface area contributed by atoms with E-state index in [0.29, 0.717) is 11.5 Å². The molecule has 0 radical (unpaired) electrons. The third-order valence-corrected chi connectivity index (χ3v) is 3.73. The van der Waals surface area contributed by atoms with E-state index in [0.717, 1.165) is 31.5 Å². The largest absolute Gasteiger partial charge is 0.493 e. The third-order valence-electron chi connectivity index (χ3n) is 3.64. The Morgan fingerprint density at radius 3 is 2.79 bits per heavy atom. The van der Waals surface area contributed by atoms with Crippen LogP contribution in [0.5, 0.6) is 11.5 Å². The van der Waals surface area contributed by atoms with E-state index in [2.05, 4.69) is 22.7 Å². The number of hydrazone groups is 1. The predicted molar refractivity (Wildman–Crippen MR) is 96.4 cm³/mol. The summed E-state index contributed by atoms with van der Waals surface area (Å²) >= 11 is 4.67. The number of hydrogen-bond acceptors (Lipinski definition) is 5. The van der Waals surface area contributed by atoms with Gasteiger partial charge < -0.3 is 20.1 Å². The molecule has 7 nitrogen and oxygen atoms in total. The molecule has 3 N–H and O–H groups in total. The van der Waals surface area contributed by atoms with Crippen molar-refractivity contribution in [2.45, 2.75) is 19.3 Å². The molecule has 0 aliphatic carbocycles. The summed E-state index contributed by atoms with van der Waals surface area (Å²) in [5.74, 6) is 1.05. The second-order valence-electron chi connectivity index (χ2n) is 5.37. The monoisotopic (exact) mass is 350 g/mol. The van der Waals surface area contributed by atoms with Crippen molar-refractivity contribution in [2.75, 3.05) is 26.8 Å². The van der Waals surface area contributed by atoms with E-state index >= 15 is 0 Å². The summed E-state index contributed by atoms with van der Waals surface area (Å²) in [5.41, 5.74) is 8.55. The smallest absolute Gasteiger partial charge is 0.260 e. The van der Waals surface area contributed by atoms with Crippen molar-refractivity contribution >= 4 is 29.5 Å². The maximum absolute atomic E-state index is 12.1. The zero-order valence-electron chi connectivity index (χ0n) is 13.7. The van der Waals surface area contributed by atoms with Gasteiger partial charge in [-0.25, -0.2) is 0 Å². The molecule has 0 unspecified atom stereocenters. The summed E-state index contributed by atoms with van der Waals surface area (Å²) in [7, 11) is 1.54. The molecular formula is C16H22N4O3S. The fourth-order valence-electron chi connectivity index (χ4n) is 2.43. The maximum atomic E-state index is 12.1. The van der Waals surface area contributed by atoms with Gasteiger partial charge in [-0.15, -0.1) is 0 Å². The van der Waals surface area contributed by atoms with E-state index in [1.807, 2.05) is 4.90 Å². The molecule has 0 atom stereocenters. The zero-order chi connectivity index (χ0) is 17.4. The Morgan fingerprint density at radius 1 is 1.38 bits per heavy atom. The number of thiocarbonyl (C=S) groups is 1. The molecule has 0 bridgehead atoms. The molecule has 0 aromatic heterocycles. The highest BCUT2D eigenvalue weighted by atomic mass is 32.1. The van der Waals surface area contributed by atoms with Gasteiger partial charge >= 0.3 is 0 Å². The minimum absolute atomic E-state index is 0.00282. The molecule has 1 heterocycles. The van der Waals surface area contributed by atoms with Gasteiger partial charge in [0.25, 0.3) is 5.91 Å². The lowest BCUT2D eigenvalue weighted by atomic mass is 10.1. The SMILES string of the molecule is COc1cc(/C=N\NC(N)=S)ccc1OCC(=O)N1CCCCC1. The lowest BCUT2D eigenvalue weighted by molar-refractivity contribution is -0.134. The van der Waals surface area contributed by atoms with Crippen LogP contribution in [0.25, 0.3) is 0 Å². The van der Waals surface area contributed by atoms with Crippen molar-refractivity contribution in [1.29, 1.82) is 0 Å². The average molecular weight is 350 g/mol. The van der Waals surface area contributed by atoms with Crippen LogP contribution in [0, 0.1) is 0 Å². The number of amides is 1. The molecular weight excluding hydrogens is 328 g/mol. The highest BCUT2D eigenvalue weighted by Crippen LogP contribution is 2.27. The Kier molecular flexibility index (Phi) is 6.80. The fraction of sp³-hybridized carbons (Fsp3) is 0.438. The standard InChI is InChI=1S/C16H22N4O3S/c1-22-14-9-12(10-18-19-16(17)24)5-6-13(14)23-11-15(21)20-7-3-2-4-8-20/h5-6,9-10H,2-4,7-8,11H2,1H3,(H3,17,19,24)/b18-10-. The van der Waals surface area contributed by atoms with Gasteiger partial charge in [-0.3, -0.25) is 10.2 Å². The zero-order valence-corrected chi connectivity index (χ0v) is 14.5. The highest BCUT2D eigenvalue weighted by molar-refractivity contribution is 7.80. The van der Waals surface area contributed by atoms with E-state index in [1.54, 1.807) is 31.5 Å². The number of nitrogens with zero attached hydrogens (tertiary/aromatic N) is 2.